The summed E-state index contributed by atoms with van der Waals surface area (Å²) in [7, 11) is -1.82. The van der Waals surface area contributed by atoms with Crippen LogP contribution >= 0.6 is 33.4 Å². The Labute approximate surface area is 189 Å². The molecule has 0 bridgehead atoms. The fourth-order valence-corrected chi connectivity index (χ4v) is 7.42. The number of nitrogens with zero attached hydrogens (tertiary/aromatic N) is 1. The molecule has 1 atom stereocenters. The number of nitrogens with one attached hydrogen (secondary N) is 1. The molecule has 2 aromatic heterocycles. The summed E-state index contributed by atoms with van der Waals surface area (Å²) in [4.78, 5) is 0. The van der Waals surface area contributed by atoms with E-state index in [1.54, 1.807) is 33.3 Å². The molecule has 0 unspecified atom stereocenters. The number of thiophene rings is 2. The average Bonchev–Trinajstić information content (AvgIpc) is 3.43. The number of piperazine rings is 1. The van der Waals surface area contributed by atoms with Gasteiger partial charge in [0.05, 0.1) is 0 Å². The number of rotatable bonds is 5. The minimum atomic E-state index is -3.47. The van der Waals surface area contributed by atoms with E-state index in [9.17, 15) is 16.8 Å². The normalized spacial score (nSPS) is 17.8. The summed E-state index contributed by atoms with van der Waals surface area (Å²) in [5, 5.41) is 6.88. The van der Waals surface area contributed by atoms with Gasteiger partial charge in [0, 0.05) is 36.4 Å². The highest BCUT2D eigenvalue weighted by molar-refractivity contribution is 8.15. The van der Waals surface area contributed by atoms with Crippen molar-refractivity contribution < 1.29 is 16.8 Å². The lowest BCUT2D eigenvalue weighted by atomic mass is 10.1. The topological polar surface area (TPSA) is 83.5 Å². The van der Waals surface area contributed by atoms with Gasteiger partial charge in [-0.15, -0.1) is 22.7 Å². The van der Waals surface area contributed by atoms with E-state index in [0.717, 1.165) is 17.8 Å². The zero-order chi connectivity index (χ0) is 21.6. The SMILES string of the molecule is O=S(=O)(Cl)c1cccs1.O=S(=O)(c1cccs1)N1CCN[C@@H](Cc2ccccc2)C1. The molecule has 1 aliphatic rings. The molecular formula is C19H21ClN2O4S4. The molecular weight excluding hydrogens is 484 g/mol. The second-order valence-electron chi connectivity index (χ2n) is 6.51. The Kier molecular flexibility index (Phi) is 8.08. The van der Waals surface area contributed by atoms with E-state index in [1.807, 2.05) is 18.2 Å². The van der Waals surface area contributed by atoms with Gasteiger partial charge in [-0.25, -0.2) is 16.8 Å². The first-order chi connectivity index (χ1) is 14.3. The number of sulfonamides is 1. The van der Waals surface area contributed by atoms with Crippen molar-refractivity contribution in [1.29, 1.82) is 0 Å². The molecule has 3 heterocycles. The lowest BCUT2D eigenvalue weighted by molar-refractivity contribution is 0.297. The van der Waals surface area contributed by atoms with Gasteiger partial charge < -0.3 is 5.32 Å². The molecule has 1 N–H and O–H groups in total. The molecule has 6 nitrogen and oxygen atoms in total. The fraction of sp³-hybridized carbons (Fsp3) is 0.263. The van der Waals surface area contributed by atoms with Crippen LogP contribution in [0.5, 0.6) is 0 Å². The van der Waals surface area contributed by atoms with Gasteiger partial charge in [-0.1, -0.05) is 42.5 Å². The van der Waals surface area contributed by atoms with Crippen molar-refractivity contribution in [2.75, 3.05) is 19.6 Å². The lowest BCUT2D eigenvalue weighted by Gasteiger charge is -2.32. The summed E-state index contributed by atoms with van der Waals surface area (Å²) in [6, 6.07) is 16.9. The maximum absolute atomic E-state index is 12.6. The molecule has 1 fully saturated rings. The molecule has 0 aliphatic carbocycles. The zero-order valence-corrected chi connectivity index (χ0v) is 19.9. The second kappa shape index (κ2) is 10.4. The van der Waals surface area contributed by atoms with Crippen LogP contribution in [0.1, 0.15) is 5.56 Å². The summed E-state index contributed by atoms with van der Waals surface area (Å²) in [6.45, 7) is 1.75. The Morgan fingerprint density at radius 1 is 0.933 bits per heavy atom. The number of halogens is 1. The molecule has 4 rings (SSSR count). The van der Waals surface area contributed by atoms with Gasteiger partial charge in [0.15, 0.2) is 0 Å². The molecule has 3 aromatic rings. The van der Waals surface area contributed by atoms with Crippen LogP contribution in [0.2, 0.25) is 0 Å². The van der Waals surface area contributed by atoms with E-state index >= 15 is 0 Å². The minimum absolute atomic E-state index is 0.163. The minimum Gasteiger partial charge on any atom is -0.311 e. The van der Waals surface area contributed by atoms with Gasteiger partial charge >= 0.3 is 0 Å². The van der Waals surface area contributed by atoms with Crippen molar-refractivity contribution >= 4 is 52.4 Å². The third kappa shape index (κ3) is 6.36. The van der Waals surface area contributed by atoms with Gasteiger partial charge in [0.2, 0.25) is 0 Å². The third-order valence-corrected chi connectivity index (χ3v) is 10.6. The fourth-order valence-electron chi connectivity index (χ4n) is 2.99. The van der Waals surface area contributed by atoms with Gasteiger partial charge in [0.25, 0.3) is 19.1 Å². The molecule has 0 radical (unpaired) electrons. The van der Waals surface area contributed by atoms with E-state index in [0.29, 0.717) is 23.8 Å². The first kappa shape index (κ1) is 23.4. The van der Waals surface area contributed by atoms with Crippen LogP contribution in [0, 0.1) is 0 Å². The van der Waals surface area contributed by atoms with Crippen LogP contribution in [0.15, 0.2) is 73.8 Å². The summed E-state index contributed by atoms with van der Waals surface area (Å²) < 4.78 is 48.3. The van der Waals surface area contributed by atoms with E-state index in [1.165, 1.54) is 23.0 Å². The van der Waals surface area contributed by atoms with Crippen molar-refractivity contribution in [1.82, 2.24) is 9.62 Å². The Morgan fingerprint density at radius 3 is 2.10 bits per heavy atom. The van der Waals surface area contributed by atoms with Crippen molar-refractivity contribution in [3.8, 4) is 0 Å². The average molecular weight is 505 g/mol. The third-order valence-electron chi connectivity index (χ3n) is 4.37. The monoisotopic (exact) mass is 504 g/mol. The van der Waals surface area contributed by atoms with Gasteiger partial charge in [-0.3, -0.25) is 0 Å². The van der Waals surface area contributed by atoms with E-state index in [-0.39, 0.29) is 10.3 Å². The Morgan fingerprint density at radius 2 is 1.57 bits per heavy atom. The van der Waals surface area contributed by atoms with Gasteiger partial charge in [-0.2, -0.15) is 4.31 Å². The van der Waals surface area contributed by atoms with E-state index < -0.39 is 19.1 Å². The predicted octanol–water partition coefficient (Wildman–Crippen LogP) is 3.63. The first-order valence-electron chi connectivity index (χ1n) is 9.06. The van der Waals surface area contributed by atoms with Gasteiger partial charge in [0.1, 0.15) is 8.42 Å². The summed E-state index contributed by atoms with van der Waals surface area (Å²) >= 11 is 2.39. The van der Waals surface area contributed by atoms with Crippen LogP contribution in [-0.2, 0) is 25.5 Å². The molecule has 11 heteroatoms. The first-order valence-corrected chi connectivity index (χ1v) is 14.6. The van der Waals surface area contributed by atoms with Crippen LogP contribution in [0.25, 0.3) is 0 Å². The summed E-state index contributed by atoms with van der Waals surface area (Å²) in [6.07, 6.45) is 0.845. The molecule has 162 valence electrons. The lowest BCUT2D eigenvalue weighted by Crippen LogP contribution is -2.53. The largest absolute Gasteiger partial charge is 0.311 e. The molecule has 30 heavy (non-hydrogen) atoms. The van der Waals surface area contributed by atoms with E-state index in [2.05, 4.69) is 17.4 Å². The van der Waals surface area contributed by atoms with E-state index in [4.69, 9.17) is 10.7 Å². The molecule has 1 aliphatic heterocycles. The second-order valence-corrected chi connectivity index (χ2v) is 13.4. The Hall–Kier alpha value is -1.27. The van der Waals surface area contributed by atoms with Crippen molar-refractivity contribution in [2.45, 2.75) is 20.9 Å². The van der Waals surface area contributed by atoms with Crippen LogP contribution in [0.4, 0.5) is 0 Å². The molecule has 0 spiro atoms. The summed E-state index contributed by atoms with van der Waals surface area (Å²) in [5.41, 5.74) is 1.23. The predicted molar refractivity (Wildman–Crippen MR) is 122 cm³/mol. The standard InChI is InChI=1S/C15H18N2O2S2.C4H3ClO2S2/c18-21(19,15-7-4-10-20-15)17-9-8-16-14(12-17)11-13-5-2-1-3-6-13;5-9(6,7)4-2-1-3-8-4/h1-7,10,14,16H,8-9,11-12H2;1-3H/t14-;/m0./s1. The molecule has 0 saturated carbocycles. The Bertz CT molecular complexity index is 1120. The highest BCUT2D eigenvalue weighted by Gasteiger charge is 2.30. The molecule has 0 amide bonds. The van der Waals surface area contributed by atoms with Crippen molar-refractivity contribution in [3.05, 3.63) is 70.9 Å². The maximum Gasteiger partial charge on any atom is 0.270 e. The van der Waals surface area contributed by atoms with Crippen LogP contribution in [0.3, 0.4) is 0 Å². The highest BCUT2D eigenvalue weighted by atomic mass is 35.7. The zero-order valence-electron chi connectivity index (χ0n) is 15.8. The van der Waals surface area contributed by atoms with Gasteiger partial charge in [-0.05, 0) is 34.9 Å². The molecule has 1 aromatic carbocycles. The summed E-state index contributed by atoms with van der Waals surface area (Å²) in [5.74, 6) is 0. The van der Waals surface area contributed by atoms with Crippen molar-refractivity contribution in [2.24, 2.45) is 0 Å². The Balaban J connectivity index is 0.000000239. The number of hydrogen-bond acceptors (Lipinski definition) is 7. The number of hydrogen-bond donors (Lipinski definition) is 1. The smallest absolute Gasteiger partial charge is 0.270 e. The maximum atomic E-state index is 12.6. The highest BCUT2D eigenvalue weighted by Crippen LogP contribution is 2.22. The van der Waals surface area contributed by atoms with Crippen molar-refractivity contribution in [3.63, 3.8) is 0 Å². The van der Waals surface area contributed by atoms with Crippen LogP contribution in [-0.4, -0.2) is 46.8 Å². The quantitative estimate of drug-likeness (QED) is 0.536. The molecule has 1 saturated heterocycles. The van der Waals surface area contributed by atoms with Crippen LogP contribution < -0.4 is 5.32 Å². The number of benzene rings is 1.